The summed E-state index contributed by atoms with van der Waals surface area (Å²) in [5.41, 5.74) is 0. The number of hydrogen-bond acceptors (Lipinski definition) is 15. The third-order valence-corrected chi connectivity index (χ3v) is 110. The van der Waals surface area contributed by atoms with Crippen LogP contribution < -0.4 is 0 Å². The maximum Gasteiger partial charge on any atom is 0.0883 e. The van der Waals surface area contributed by atoms with Crippen molar-refractivity contribution < 1.29 is 0 Å². The molecule has 0 atom stereocenters. The van der Waals surface area contributed by atoms with Gasteiger partial charge in [0.15, 0.2) is 0 Å². The zero-order valence-corrected chi connectivity index (χ0v) is 25.8. The Morgan fingerprint density at radius 1 is 0.571 bits per heavy atom. The molecule has 0 aliphatic carbocycles. The van der Waals surface area contributed by atoms with Crippen molar-refractivity contribution in [2.24, 2.45) is 0 Å². The lowest BCUT2D eigenvalue weighted by atomic mass is 29.7. The van der Waals surface area contributed by atoms with Crippen LogP contribution in [0.15, 0.2) is 0 Å². The first-order chi connectivity index (χ1) is 8.89. The monoisotopic (exact) mass is 670 g/mol. The van der Waals surface area contributed by atoms with E-state index in [1.54, 1.807) is 0 Å². The summed E-state index contributed by atoms with van der Waals surface area (Å²) in [6.07, 6.45) is 0. The van der Waals surface area contributed by atoms with E-state index in [1.807, 2.05) is 0 Å². The van der Waals surface area contributed by atoms with E-state index in [1.165, 1.54) is 0 Å². The first kappa shape index (κ1) is 26.5. The van der Waals surface area contributed by atoms with Crippen LogP contribution in [0.25, 0.3) is 0 Å². The van der Waals surface area contributed by atoms with Crippen molar-refractivity contribution >= 4 is 196 Å². The summed E-state index contributed by atoms with van der Waals surface area (Å²) in [4.78, 5) is 0. The summed E-state index contributed by atoms with van der Waals surface area (Å²) < 4.78 is -1.59. The molecule has 0 radical (unpaired) electrons. The van der Waals surface area contributed by atoms with Crippen molar-refractivity contribution in [3.63, 3.8) is 0 Å². The van der Waals surface area contributed by atoms with Crippen LogP contribution in [0.3, 0.4) is 0 Å². The molecule has 0 nitrogen and oxygen atoms in total. The molecule has 0 aliphatic heterocycles. The third-order valence-electron chi connectivity index (χ3n) is 1.36. The van der Waals surface area contributed by atoms with Crippen molar-refractivity contribution in [2.45, 2.75) is 0 Å². The van der Waals surface area contributed by atoms with Gasteiger partial charge in [0.25, 0.3) is 0 Å². The van der Waals surface area contributed by atoms with E-state index in [0.29, 0.717) is 0 Å². The van der Waals surface area contributed by atoms with E-state index >= 15 is 0 Å². The predicted molar refractivity (Wildman–Crippen MR) is 154 cm³/mol. The van der Waals surface area contributed by atoms with E-state index in [4.69, 9.17) is 158 Å². The van der Waals surface area contributed by atoms with Crippen molar-refractivity contribution in [3.05, 3.63) is 0 Å². The van der Waals surface area contributed by atoms with Gasteiger partial charge in [-0.25, -0.2) is 22.4 Å². The van der Waals surface area contributed by atoms with Gasteiger partial charge in [0.1, 0.15) is 0 Å². The van der Waals surface area contributed by atoms with E-state index in [2.05, 4.69) is 0 Å². The molecule has 21 heteroatoms. The number of hydrogen-bond donors (Lipinski definition) is 0. The Kier molecular flexibility index (Phi) is 11.2. The quantitative estimate of drug-likeness (QED) is 0.222. The highest BCUT2D eigenvalue weighted by Crippen LogP contribution is 2.36. The Balaban J connectivity index is 7.18. The summed E-state index contributed by atoms with van der Waals surface area (Å²) in [5, 5.41) is -11.0. The lowest BCUT2D eigenvalue weighted by Crippen LogP contribution is -2.27. The third kappa shape index (κ3) is 4.91. The van der Waals surface area contributed by atoms with Gasteiger partial charge in [0.2, 0.25) is 0 Å². The molecule has 0 saturated heterocycles. The lowest BCUT2D eigenvalue weighted by Gasteiger charge is -2.29. The molecule has 0 aromatic rings. The highest BCUT2D eigenvalue weighted by molar-refractivity contribution is 9.65. The fourth-order valence-electron chi connectivity index (χ4n) is 0.452. The second kappa shape index (κ2) is 8.87. The molecule has 0 saturated carbocycles. The molecular formula is PS20-. The minimum atomic E-state index is -2.84. The van der Waals surface area contributed by atoms with Gasteiger partial charge in [0.05, 0.1) is 4.67 Å². The Bertz CT molecular complexity index is 1000. The maximum atomic E-state index is 5.51. The van der Waals surface area contributed by atoms with Crippen molar-refractivity contribution in [2.75, 3.05) is 0 Å². The molecule has 0 N–H and O–H groups in total. The van der Waals surface area contributed by atoms with Gasteiger partial charge >= 0.3 is 0 Å². The molecule has 0 aromatic heterocycles. The second-order valence-corrected chi connectivity index (χ2v) is 67.2. The van der Waals surface area contributed by atoms with Gasteiger partial charge in [-0.2, -0.15) is 0 Å². The Morgan fingerprint density at radius 3 is 1.14 bits per heavy atom. The van der Waals surface area contributed by atoms with Gasteiger partial charge in [-0.05, 0) is 113 Å². The molecule has 0 spiro atoms. The Labute approximate surface area is 191 Å². The van der Waals surface area contributed by atoms with E-state index in [9.17, 15) is 0 Å². The molecule has 0 fully saturated rings. The average Bonchev–Trinajstić information content (AvgIpc) is 2.27. The van der Waals surface area contributed by atoms with Crippen LogP contribution in [0, 0.1) is 0 Å². The van der Waals surface area contributed by atoms with Crippen molar-refractivity contribution in [1.29, 1.82) is 0 Å². The molecule has 0 aromatic carbocycles. The summed E-state index contributed by atoms with van der Waals surface area (Å²) in [5.74, 6) is -2.56. The minimum absolute atomic E-state index is 1.20. The largest absolute Gasteiger partial charge is 0.271 e. The molecule has 0 rings (SSSR count). The summed E-state index contributed by atoms with van der Waals surface area (Å²) in [7, 11) is -1.20. The summed E-state index contributed by atoms with van der Waals surface area (Å²) in [6.45, 7) is 0. The van der Waals surface area contributed by atoms with Crippen LogP contribution in [0.1, 0.15) is 0 Å². The molecule has 0 bridgehead atoms. The van der Waals surface area contributed by atoms with Gasteiger partial charge in [-0.15, -0.1) is 0 Å². The van der Waals surface area contributed by atoms with Crippen LogP contribution in [-0.4, -0.2) is 0 Å². The smallest absolute Gasteiger partial charge is 0.0883 e. The van der Waals surface area contributed by atoms with Gasteiger partial charge in [0, 0.05) is 21.4 Å². The van der Waals surface area contributed by atoms with E-state index in [0.717, 1.165) is 0 Å². The SMILES string of the molecule is S=P(=S)S(=S)(=S)S(=S)(=S)S(=S)(=S)S(=S)(=S)S(=S)(=S)[S-](=S)=S. The highest BCUT2D eigenvalue weighted by Gasteiger charge is 2.30. The standard InChI is InChI=1S/PS20/c2-1(3)17(6,7)19(10,11)21(14,15)20(12,13)18(8,9)16(4)5/q-1. The molecular weight excluding hydrogens is 672 g/mol. The van der Waals surface area contributed by atoms with Crippen LogP contribution in [0.2, 0.25) is 0 Å². The van der Waals surface area contributed by atoms with Crippen molar-refractivity contribution in [3.8, 4) is 0 Å². The van der Waals surface area contributed by atoms with Crippen LogP contribution in [0.4, 0.5) is 0 Å². The molecule has 0 aliphatic rings. The number of rotatable bonds is 6. The molecule has 0 amide bonds. The zero-order chi connectivity index (χ0) is 17.7. The Morgan fingerprint density at radius 2 is 0.905 bits per heavy atom. The average molecular weight is 672 g/mol. The van der Waals surface area contributed by atoms with Gasteiger partial charge in [-0.1, -0.05) is 27.6 Å². The normalized spacial score (nSPS) is 14.9. The molecule has 0 heterocycles. The van der Waals surface area contributed by atoms with Crippen LogP contribution in [0.5, 0.6) is 0 Å². The molecule has 126 valence electrons. The minimum Gasteiger partial charge on any atom is -0.271 e. The molecule has 0 unspecified atom stereocenters. The van der Waals surface area contributed by atoms with Crippen LogP contribution in [-0.2, 0) is 192 Å². The van der Waals surface area contributed by atoms with Crippen LogP contribution >= 0.6 is 4.67 Å². The van der Waals surface area contributed by atoms with E-state index in [-0.39, 0.29) is 0 Å². The lowest BCUT2D eigenvalue weighted by molar-refractivity contribution is 5.06. The fraction of sp³-hybridized carbons (Fsp3) is 0. The topological polar surface area (TPSA) is 0 Å². The Hall–Kier alpha value is 5.48. The van der Waals surface area contributed by atoms with Gasteiger partial charge in [-0.3, -0.25) is 7.05 Å². The molecule has 21 heavy (non-hydrogen) atoms. The van der Waals surface area contributed by atoms with E-state index < -0.39 is 38.4 Å². The highest BCUT2D eigenvalue weighted by atomic mass is 34.3. The summed E-state index contributed by atoms with van der Waals surface area (Å²) >= 11 is 74.5. The summed E-state index contributed by atoms with van der Waals surface area (Å²) in [6, 6.07) is 0. The maximum absolute atomic E-state index is 5.51. The predicted octanol–water partition coefficient (Wildman–Crippen LogP) is 0.813. The van der Waals surface area contributed by atoms with Crippen molar-refractivity contribution in [1.82, 2.24) is 0 Å². The second-order valence-electron chi connectivity index (χ2n) is 2.49. The van der Waals surface area contributed by atoms with Gasteiger partial charge < -0.3 is 0 Å². The first-order valence-electron chi connectivity index (χ1n) is 3.38. The zero-order valence-electron chi connectivity index (χ0n) is 8.61. The first-order valence-corrected chi connectivity index (χ1v) is 30.4. The fourth-order valence-corrected chi connectivity index (χ4v) is 110.